The van der Waals surface area contributed by atoms with Gasteiger partial charge in [0, 0.05) is 5.54 Å². The first-order chi connectivity index (χ1) is 8.78. The first kappa shape index (κ1) is 12.0. The average Bonchev–Trinajstić information content (AvgIpc) is 2.31. The number of benzene rings is 1. The molecule has 0 radical (unpaired) electrons. The molecule has 2 fully saturated rings. The smallest absolute Gasteiger partial charge is 0.115 e. The number of phenols is 1. The van der Waals surface area contributed by atoms with Gasteiger partial charge in [-0.1, -0.05) is 31.4 Å². The van der Waals surface area contributed by atoms with Crippen molar-refractivity contribution in [1.29, 1.82) is 0 Å². The molecule has 0 amide bonds. The van der Waals surface area contributed by atoms with Crippen LogP contribution in [0.15, 0.2) is 24.3 Å². The number of nitrogens with zero attached hydrogens (tertiary/aromatic N) is 1. The Morgan fingerprint density at radius 3 is 2.17 bits per heavy atom. The maximum absolute atomic E-state index is 9.38. The van der Waals surface area contributed by atoms with Crippen molar-refractivity contribution in [1.82, 2.24) is 4.90 Å². The highest BCUT2D eigenvalue weighted by Gasteiger charge is 2.40. The third-order valence-electron chi connectivity index (χ3n) is 4.78. The van der Waals surface area contributed by atoms with Crippen molar-refractivity contribution in [3.63, 3.8) is 0 Å². The fraction of sp³-hybridized carbons (Fsp3) is 0.625. The van der Waals surface area contributed by atoms with Crippen LogP contribution in [0.1, 0.15) is 44.1 Å². The Kier molecular flexibility index (Phi) is 3.29. The predicted molar refractivity (Wildman–Crippen MR) is 73.8 cm³/mol. The van der Waals surface area contributed by atoms with Gasteiger partial charge in [-0.3, -0.25) is 4.90 Å². The predicted octanol–water partition coefficient (Wildman–Crippen LogP) is 3.34. The summed E-state index contributed by atoms with van der Waals surface area (Å²) >= 11 is 0. The van der Waals surface area contributed by atoms with E-state index in [9.17, 15) is 5.11 Å². The SMILES string of the molecule is Oc1ccc(CC2(N3CCC3)CCCCC2)cc1. The topological polar surface area (TPSA) is 23.5 Å². The van der Waals surface area contributed by atoms with E-state index in [4.69, 9.17) is 0 Å². The molecule has 1 aromatic rings. The van der Waals surface area contributed by atoms with Crippen molar-refractivity contribution >= 4 is 0 Å². The molecule has 0 unspecified atom stereocenters. The number of hydrogen-bond donors (Lipinski definition) is 1. The minimum absolute atomic E-state index is 0.375. The molecule has 0 spiro atoms. The van der Waals surface area contributed by atoms with Crippen molar-refractivity contribution in [3.8, 4) is 5.75 Å². The Hall–Kier alpha value is -1.02. The lowest BCUT2D eigenvalue weighted by atomic mass is 9.75. The van der Waals surface area contributed by atoms with Crippen LogP contribution >= 0.6 is 0 Å². The minimum atomic E-state index is 0.375. The normalized spacial score (nSPS) is 23.6. The van der Waals surface area contributed by atoms with Crippen molar-refractivity contribution in [3.05, 3.63) is 29.8 Å². The lowest BCUT2D eigenvalue weighted by molar-refractivity contribution is 0.00115. The molecule has 2 aliphatic rings. The highest BCUT2D eigenvalue weighted by molar-refractivity contribution is 5.27. The minimum Gasteiger partial charge on any atom is -0.508 e. The molecule has 0 bridgehead atoms. The molecular weight excluding hydrogens is 222 g/mol. The van der Waals surface area contributed by atoms with Crippen LogP contribution < -0.4 is 0 Å². The molecule has 1 aliphatic carbocycles. The largest absolute Gasteiger partial charge is 0.508 e. The summed E-state index contributed by atoms with van der Waals surface area (Å²) in [7, 11) is 0. The molecule has 1 N–H and O–H groups in total. The lowest BCUT2D eigenvalue weighted by Crippen LogP contribution is -2.57. The van der Waals surface area contributed by atoms with Gasteiger partial charge in [-0.2, -0.15) is 0 Å². The molecule has 18 heavy (non-hydrogen) atoms. The van der Waals surface area contributed by atoms with Gasteiger partial charge in [-0.25, -0.2) is 0 Å². The van der Waals surface area contributed by atoms with Crippen LogP contribution in [0.2, 0.25) is 0 Å². The van der Waals surface area contributed by atoms with Gasteiger partial charge in [0.05, 0.1) is 0 Å². The van der Waals surface area contributed by atoms with Crippen molar-refractivity contribution < 1.29 is 5.11 Å². The number of phenolic OH excluding ortho intramolecular Hbond substituents is 1. The van der Waals surface area contributed by atoms with Crippen LogP contribution in [0.25, 0.3) is 0 Å². The van der Waals surface area contributed by atoms with Crippen LogP contribution in [0.3, 0.4) is 0 Å². The van der Waals surface area contributed by atoms with Crippen LogP contribution in [0.5, 0.6) is 5.75 Å². The zero-order chi connectivity index (χ0) is 12.4. The molecule has 3 rings (SSSR count). The molecular formula is C16H23NO. The Morgan fingerprint density at radius 1 is 0.944 bits per heavy atom. The molecule has 0 aromatic heterocycles. The van der Waals surface area contributed by atoms with Crippen LogP contribution in [0, 0.1) is 0 Å². The van der Waals surface area contributed by atoms with E-state index in [-0.39, 0.29) is 0 Å². The second kappa shape index (κ2) is 4.93. The van der Waals surface area contributed by atoms with Crippen LogP contribution in [-0.4, -0.2) is 28.6 Å². The summed E-state index contributed by atoms with van der Waals surface area (Å²) in [6.07, 6.45) is 9.42. The average molecular weight is 245 g/mol. The molecule has 1 saturated heterocycles. The van der Waals surface area contributed by atoms with Gasteiger partial charge in [0.1, 0.15) is 5.75 Å². The summed E-state index contributed by atoms with van der Waals surface area (Å²) < 4.78 is 0. The zero-order valence-corrected chi connectivity index (χ0v) is 11.1. The molecule has 1 aliphatic heterocycles. The van der Waals surface area contributed by atoms with Crippen molar-refractivity contribution in [2.75, 3.05) is 13.1 Å². The maximum Gasteiger partial charge on any atom is 0.115 e. The highest BCUT2D eigenvalue weighted by atomic mass is 16.3. The molecule has 98 valence electrons. The lowest BCUT2D eigenvalue weighted by Gasteiger charge is -2.51. The highest BCUT2D eigenvalue weighted by Crippen LogP contribution is 2.39. The second-order valence-corrected chi connectivity index (χ2v) is 5.97. The van der Waals surface area contributed by atoms with Gasteiger partial charge in [-0.15, -0.1) is 0 Å². The maximum atomic E-state index is 9.38. The first-order valence-corrected chi connectivity index (χ1v) is 7.32. The fourth-order valence-corrected chi connectivity index (χ4v) is 3.60. The summed E-state index contributed by atoms with van der Waals surface area (Å²) in [4.78, 5) is 2.71. The summed E-state index contributed by atoms with van der Waals surface area (Å²) in [5.74, 6) is 0.375. The first-order valence-electron chi connectivity index (χ1n) is 7.32. The van der Waals surface area contributed by atoms with Gasteiger partial charge in [-0.05, 0) is 56.5 Å². The summed E-state index contributed by atoms with van der Waals surface area (Å²) in [6, 6.07) is 7.82. The van der Waals surface area contributed by atoms with E-state index >= 15 is 0 Å². The monoisotopic (exact) mass is 245 g/mol. The van der Waals surface area contributed by atoms with E-state index in [1.165, 1.54) is 57.2 Å². The summed E-state index contributed by atoms with van der Waals surface area (Å²) in [6.45, 7) is 2.58. The number of hydrogen-bond acceptors (Lipinski definition) is 2. The standard InChI is InChI=1S/C16H23NO/c18-15-7-5-14(6-8-15)13-16(17-11-4-12-17)9-2-1-3-10-16/h5-8,18H,1-4,9-13H2. The van der Waals surface area contributed by atoms with Gasteiger partial charge in [0.2, 0.25) is 0 Å². The van der Waals surface area contributed by atoms with E-state index in [0.717, 1.165) is 6.42 Å². The Balaban J connectivity index is 1.78. The number of aromatic hydroxyl groups is 1. The molecule has 1 aromatic carbocycles. The van der Waals surface area contributed by atoms with E-state index in [2.05, 4.69) is 17.0 Å². The van der Waals surface area contributed by atoms with E-state index in [0.29, 0.717) is 11.3 Å². The number of likely N-dealkylation sites (tertiary alicyclic amines) is 1. The zero-order valence-electron chi connectivity index (χ0n) is 11.1. The second-order valence-electron chi connectivity index (χ2n) is 5.97. The van der Waals surface area contributed by atoms with Gasteiger partial charge in [0.25, 0.3) is 0 Å². The van der Waals surface area contributed by atoms with Crippen LogP contribution in [-0.2, 0) is 6.42 Å². The van der Waals surface area contributed by atoms with E-state index in [1.54, 1.807) is 0 Å². The molecule has 2 nitrogen and oxygen atoms in total. The fourth-order valence-electron chi connectivity index (χ4n) is 3.60. The molecule has 1 heterocycles. The third-order valence-corrected chi connectivity index (χ3v) is 4.78. The van der Waals surface area contributed by atoms with Gasteiger partial charge in [0.15, 0.2) is 0 Å². The molecule has 2 heteroatoms. The van der Waals surface area contributed by atoms with Crippen LogP contribution in [0.4, 0.5) is 0 Å². The summed E-state index contributed by atoms with van der Waals surface area (Å²) in [5.41, 5.74) is 1.80. The summed E-state index contributed by atoms with van der Waals surface area (Å²) in [5, 5.41) is 9.38. The molecule has 1 saturated carbocycles. The molecule has 0 atom stereocenters. The van der Waals surface area contributed by atoms with E-state index in [1.807, 2.05) is 12.1 Å². The Morgan fingerprint density at radius 2 is 1.61 bits per heavy atom. The van der Waals surface area contributed by atoms with Crippen molar-refractivity contribution in [2.24, 2.45) is 0 Å². The Bertz CT molecular complexity index is 388. The van der Waals surface area contributed by atoms with Gasteiger partial charge < -0.3 is 5.11 Å². The quantitative estimate of drug-likeness (QED) is 0.883. The third kappa shape index (κ3) is 2.26. The van der Waals surface area contributed by atoms with Gasteiger partial charge >= 0.3 is 0 Å². The Labute approximate surface area is 110 Å². The number of rotatable bonds is 3. The van der Waals surface area contributed by atoms with Crippen molar-refractivity contribution in [2.45, 2.75) is 50.5 Å². The van der Waals surface area contributed by atoms with E-state index < -0.39 is 0 Å².